The summed E-state index contributed by atoms with van der Waals surface area (Å²) in [6.45, 7) is -0.132. The third kappa shape index (κ3) is 4.54. The minimum absolute atomic E-state index is 0.182. The van der Waals surface area contributed by atoms with Crippen LogP contribution in [0.5, 0.6) is 5.75 Å². The second kappa shape index (κ2) is 8.51. The van der Waals surface area contributed by atoms with Gasteiger partial charge in [-0.25, -0.2) is 9.78 Å². The van der Waals surface area contributed by atoms with Crippen molar-refractivity contribution in [2.75, 3.05) is 13.7 Å². The first-order chi connectivity index (χ1) is 13.1. The summed E-state index contributed by atoms with van der Waals surface area (Å²) in [5, 5.41) is 3.49. The molecule has 0 atom stereocenters. The number of fused-ring (bicyclic) bond motifs is 1. The molecule has 27 heavy (non-hydrogen) atoms. The number of nitrogens with zero attached hydrogens (tertiary/aromatic N) is 1. The average Bonchev–Trinajstić information content (AvgIpc) is 2.69. The molecule has 3 rings (SSSR count). The van der Waals surface area contributed by atoms with Crippen LogP contribution in [0.3, 0.4) is 0 Å². The van der Waals surface area contributed by atoms with Crippen LogP contribution in [-0.2, 0) is 16.1 Å². The van der Waals surface area contributed by atoms with E-state index < -0.39 is 18.5 Å². The first kappa shape index (κ1) is 18.7. The number of hydrogen-bond donors (Lipinski definition) is 1. The van der Waals surface area contributed by atoms with E-state index in [4.69, 9.17) is 21.1 Å². The molecule has 6 nitrogen and oxygen atoms in total. The maximum absolute atomic E-state index is 12.4. The Morgan fingerprint density at radius 3 is 2.67 bits per heavy atom. The lowest BCUT2D eigenvalue weighted by Gasteiger charge is -2.10. The SMILES string of the molecule is COc1ccccc1CNC(=O)COC(=O)c1cc(Cl)nc2ccccc12. The molecule has 0 fully saturated rings. The van der Waals surface area contributed by atoms with Gasteiger partial charge in [0.05, 0.1) is 18.2 Å². The number of carbonyl (C=O) groups is 2. The minimum atomic E-state index is -0.636. The van der Waals surface area contributed by atoms with Gasteiger partial charge in [-0.1, -0.05) is 48.0 Å². The molecule has 0 unspecified atom stereocenters. The van der Waals surface area contributed by atoms with Crippen LogP contribution in [0.1, 0.15) is 15.9 Å². The van der Waals surface area contributed by atoms with Crippen molar-refractivity contribution in [2.45, 2.75) is 6.54 Å². The van der Waals surface area contributed by atoms with Gasteiger partial charge in [0.1, 0.15) is 10.9 Å². The second-order valence-electron chi connectivity index (χ2n) is 5.67. The lowest BCUT2D eigenvalue weighted by molar-refractivity contribution is -0.124. The molecule has 138 valence electrons. The molecule has 1 N–H and O–H groups in total. The van der Waals surface area contributed by atoms with Gasteiger partial charge in [0.25, 0.3) is 5.91 Å². The van der Waals surface area contributed by atoms with Crippen LogP contribution < -0.4 is 10.1 Å². The molecule has 1 heterocycles. The Morgan fingerprint density at radius 2 is 1.85 bits per heavy atom. The number of amides is 1. The van der Waals surface area contributed by atoms with E-state index in [0.717, 1.165) is 5.56 Å². The largest absolute Gasteiger partial charge is 0.496 e. The normalized spacial score (nSPS) is 10.4. The van der Waals surface area contributed by atoms with Crippen molar-refractivity contribution in [2.24, 2.45) is 0 Å². The second-order valence-corrected chi connectivity index (χ2v) is 6.06. The predicted molar refractivity (Wildman–Crippen MR) is 102 cm³/mol. The summed E-state index contributed by atoms with van der Waals surface area (Å²) in [5.74, 6) is -0.380. The van der Waals surface area contributed by atoms with Crippen LogP contribution in [0.25, 0.3) is 10.9 Å². The molecule has 1 amide bonds. The summed E-state index contributed by atoms with van der Waals surface area (Å²) in [6.07, 6.45) is 0. The molecule has 7 heteroatoms. The summed E-state index contributed by atoms with van der Waals surface area (Å²) in [7, 11) is 1.56. The monoisotopic (exact) mass is 384 g/mol. The van der Waals surface area contributed by atoms with E-state index >= 15 is 0 Å². The van der Waals surface area contributed by atoms with E-state index in [9.17, 15) is 9.59 Å². The molecule has 0 spiro atoms. The Hall–Kier alpha value is -3.12. The van der Waals surface area contributed by atoms with Gasteiger partial charge < -0.3 is 14.8 Å². The fourth-order valence-electron chi connectivity index (χ4n) is 2.61. The quantitative estimate of drug-likeness (QED) is 0.520. The highest BCUT2D eigenvalue weighted by molar-refractivity contribution is 6.30. The minimum Gasteiger partial charge on any atom is -0.496 e. The molecule has 0 aliphatic rings. The number of carbonyl (C=O) groups excluding carboxylic acids is 2. The fourth-order valence-corrected chi connectivity index (χ4v) is 2.81. The van der Waals surface area contributed by atoms with Crippen LogP contribution in [0.2, 0.25) is 5.15 Å². The molecule has 0 aliphatic heterocycles. The summed E-state index contributed by atoms with van der Waals surface area (Å²) in [5.41, 5.74) is 1.67. The molecular formula is C20H17ClN2O4. The Balaban J connectivity index is 1.62. The van der Waals surface area contributed by atoms with Crippen molar-refractivity contribution in [3.05, 3.63) is 70.9 Å². The number of para-hydroxylation sites is 2. The van der Waals surface area contributed by atoms with Crippen LogP contribution in [0.4, 0.5) is 0 Å². The summed E-state index contributed by atoms with van der Waals surface area (Å²) >= 11 is 5.97. The number of halogens is 1. The average molecular weight is 385 g/mol. The van der Waals surface area contributed by atoms with E-state index in [1.165, 1.54) is 6.07 Å². The zero-order valence-electron chi connectivity index (χ0n) is 14.6. The van der Waals surface area contributed by atoms with E-state index in [0.29, 0.717) is 16.7 Å². The van der Waals surface area contributed by atoms with E-state index in [1.807, 2.05) is 18.2 Å². The van der Waals surface area contributed by atoms with Crippen molar-refractivity contribution in [3.8, 4) is 5.75 Å². The highest BCUT2D eigenvalue weighted by Crippen LogP contribution is 2.21. The number of methoxy groups -OCH3 is 1. The van der Waals surface area contributed by atoms with Crippen molar-refractivity contribution in [1.29, 1.82) is 0 Å². The van der Waals surface area contributed by atoms with E-state index in [1.54, 1.807) is 37.4 Å². The van der Waals surface area contributed by atoms with Crippen LogP contribution >= 0.6 is 11.6 Å². The highest BCUT2D eigenvalue weighted by atomic mass is 35.5. The lowest BCUT2D eigenvalue weighted by atomic mass is 10.1. The van der Waals surface area contributed by atoms with Crippen LogP contribution in [-0.4, -0.2) is 30.6 Å². The van der Waals surface area contributed by atoms with Crippen LogP contribution in [0, 0.1) is 0 Å². The number of nitrogens with one attached hydrogen (secondary N) is 1. The van der Waals surface area contributed by atoms with Gasteiger partial charge >= 0.3 is 5.97 Å². The topological polar surface area (TPSA) is 77.5 Å². The Bertz CT molecular complexity index is 991. The van der Waals surface area contributed by atoms with Crippen LogP contribution in [0.15, 0.2) is 54.6 Å². The standard InChI is InChI=1S/C20H17ClN2O4/c1-26-17-9-5-2-6-13(17)11-22-19(24)12-27-20(25)15-10-18(21)23-16-8-4-3-7-14(15)16/h2-10H,11-12H2,1H3,(H,22,24). The van der Waals surface area contributed by atoms with Crippen molar-refractivity contribution in [1.82, 2.24) is 10.3 Å². The summed E-state index contributed by atoms with van der Waals surface area (Å²) < 4.78 is 10.4. The molecule has 0 saturated carbocycles. The van der Waals surface area contributed by atoms with Gasteiger partial charge in [-0.2, -0.15) is 0 Å². The Kier molecular flexibility index (Phi) is 5.88. The number of benzene rings is 2. The molecule has 0 radical (unpaired) electrons. The van der Waals surface area contributed by atoms with Crippen molar-refractivity contribution >= 4 is 34.4 Å². The summed E-state index contributed by atoms with van der Waals surface area (Å²) in [4.78, 5) is 28.6. The lowest BCUT2D eigenvalue weighted by Crippen LogP contribution is -2.28. The molecule has 0 aliphatic carbocycles. The maximum Gasteiger partial charge on any atom is 0.339 e. The molecular weight excluding hydrogens is 368 g/mol. The Morgan fingerprint density at radius 1 is 1.11 bits per heavy atom. The third-order valence-corrected chi connectivity index (χ3v) is 4.10. The van der Waals surface area contributed by atoms with Gasteiger partial charge in [-0.15, -0.1) is 0 Å². The molecule has 3 aromatic rings. The highest BCUT2D eigenvalue weighted by Gasteiger charge is 2.15. The molecule has 0 bridgehead atoms. The number of esters is 1. The number of ether oxygens (including phenoxy) is 2. The van der Waals surface area contributed by atoms with Gasteiger partial charge in [0.2, 0.25) is 0 Å². The molecule has 0 saturated heterocycles. The third-order valence-electron chi connectivity index (χ3n) is 3.91. The maximum atomic E-state index is 12.4. The number of rotatable bonds is 6. The molecule has 1 aromatic heterocycles. The first-order valence-electron chi connectivity index (χ1n) is 8.19. The Labute approximate surface area is 161 Å². The van der Waals surface area contributed by atoms with Crippen molar-refractivity contribution in [3.63, 3.8) is 0 Å². The smallest absolute Gasteiger partial charge is 0.339 e. The van der Waals surface area contributed by atoms with Gasteiger partial charge in [-0.05, 0) is 18.2 Å². The first-order valence-corrected chi connectivity index (χ1v) is 8.57. The zero-order valence-corrected chi connectivity index (χ0v) is 15.3. The number of pyridine rings is 1. The van der Waals surface area contributed by atoms with Gasteiger partial charge in [0.15, 0.2) is 6.61 Å². The van der Waals surface area contributed by atoms with Gasteiger partial charge in [-0.3, -0.25) is 4.79 Å². The zero-order chi connectivity index (χ0) is 19.2. The fraction of sp³-hybridized carbons (Fsp3) is 0.150. The van der Waals surface area contributed by atoms with E-state index in [2.05, 4.69) is 10.3 Å². The van der Waals surface area contributed by atoms with Gasteiger partial charge in [0, 0.05) is 17.5 Å². The summed E-state index contributed by atoms with van der Waals surface area (Å²) in [6, 6.07) is 15.9. The van der Waals surface area contributed by atoms with E-state index in [-0.39, 0.29) is 17.3 Å². The predicted octanol–water partition coefficient (Wildman–Crippen LogP) is 3.37. The number of aromatic nitrogens is 1. The number of hydrogen-bond acceptors (Lipinski definition) is 5. The van der Waals surface area contributed by atoms with Crippen molar-refractivity contribution < 1.29 is 19.1 Å². The molecule has 2 aromatic carbocycles.